The molecule has 4 aliphatic rings. The molecule has 0 radical (unpaired) electrons. The lowest BCUT2D eigenvalue weighted by atomic mass is 10.0. The molecule has 5 amide bonds. The van der Waals surface area contributed by atoms with E-state index in [1.165, 1.54) is 12.3 Å². The summed E-state index contributed by atoms with van der Waals surface area (Å²) < 4.78 is 52.4. The Hall–Kier alpha value is -4.33. The van der Waals surface area contributed by atoms with E-state index in [0.29, 0.717) is 42.4 Å². The number of hydroxylamine groups is 2. The monoisotopic (exact) mass is 678 g/mol. The molecular formula is C28H35FN8O9S. The average molecular weight is 679 g/mol. The number of pyridine rings is 1. The number of benzene rings is 1. The van der Waals surface area contributed by atoms with E-state index in [4.69, 9.17) is 4.55 Å². The predicted molar refractivity (Wildman–Crippen MR) is 163 cm³/mol. The molecule has 0 unspecified atom stereocenters. The van der Waals surface area contributed by atoms with Crippen LogP contribution in [0.3, 0.4) is 0 Å². The van der Waals surface area contributed by atoms with Gasteiger partial charge in [-0.05, 0) is 44.2 Å². The minimum Gasteiger partial charge on any atom is -0.367 e. The Morgan fingerprint density at radius 1 is 1.04 bits per heavy atom. The number of hydrazine groups is 1. The molecule has 5 N–H and O–H groups in total. The van der Waals surface area contributed by atoms with Gasteiger partial charge in [0.2, 0.25) is 17.2 Å². The molecule has 19 heteroatoms. The van der Waals surface area contributed by atoms with Gasteiger partial charge in [-0.25, -0.2) is 9.18 Å². The number of nitrogens with zero attached hydrogens (tertiary/aromatic N) is 4. The highest BCUT2D eigenvalue weighted by Gasteiger charge is 2.49. The molecule has 2 aromatic rings. The second kappa shape index (κ2) is 13.1. The van der Waals surface area contributed by atoms with Crippen LogP contribution in [0, 0.1) is 5.82 Å². The molecule has 1 aromatic heterocycles. The highest BCUT2D eigenvalue weighted by molar-refractivity contribution is 7.80. The van der Waals surface area contributed by atoms with E-state index in [0.717, 1.165) is 17.7 Å². The van der Waals surface area contributed by atoms with Crippen LogP contribution >= 0.6 is 0 Å². The van der Waals surface area contributed by atoms with E-state index in [1.807, 2.05) is 9.47 Å². The maximum Gasteiger partial charge on any atom is 0.418 e. The van der Waals surface area contributed by atoms with E-state index in [-0.39, 0.29) is 55.8 Å². The third-order valence-corrected chi connectivity index (χ3v) is 9.09. The van der Waals surface area contributed by atoms with E-state index >= 15 is 4.39 Å². The van der Waals surface area contributed by atoms with Gasteiger partial charge in [0.1, 0.15) is 17.4 Å². The van der Waals surface area contributed by atoms with Crippen LogP contribution in [0.25, 0.3) is 10.9 Å². The number of piperidine rings is 1. The summed E-state index contributed by atoms with van der Waals surface area (Å²) in [5.41, 5.74) is 4.55. The molecule has 3 saturated heterocycles. The molecule has 254 valence electrons. The highest BCUT2D eigenvalue weighted by Crippen LogP contribution is 2.38. The topological polar surface area (TPSA) is 212 Å². The maximum absolute atomic E-state index is 15.2. The first-order chi connectivity index (χ1) is 22.4. The van der Waals surface area contributed by atoms with Crippen molar-refractivity contribution in [3.05, 3.63) is 39.9 Å². The predicted octanol–water partition coefficient (Wildman–Crippen LogP) is -0.454. The number of rotatable bonds is 10. The van der Waals surface area contributed by atoms with Gasteiger partial charge in [0, 0.05) is 63.3 Å². The summed E-state index contributed by atoms with van der Waals surface area (Å²) in [6.07, 6.45) is 3.73. The molecule has 2 atom stereocenters. The minimum absolute atomic E-state index is 0.0456. The van der Waals surface area contributed by atoms with Crippen molar-refractivity contribution < 1.29 is 40.8 Å². The number of urea groups is 1. The maximum atomic E-state index is 15.2. The second-order valence-corrected chi connectivity index (χ2v) is 13.0. The molecule has 17 nitrogen and oxygen atoms in total. The van der Waals surface area contributed by atoms with Crippen LogP contribution in [-0.2, 0) is 24.3 Å². The Kier molecular flexibility index (Phi) is 9.05. The zero-order valence-corrected chi connectivity index (χ0v) is 26.1. The van der Waals surface area contributed by atoms with Gasteiger partial charge in [0.25, 0.3) is 5.91 Å². The molecule has 6 rings (SSSR count). The zero-order valence-electron chi connectivity index (χ0n) is 25.2. The molecule has 1 aromatic carbocycles. The van der Waals surface area contributed by atoms with E-state index in [1.54, 1.807) is 6.07 Å². The van der Waals surface area contributed by atoms with Crippen LogP contribution in [0.15, 0.2) is 23.1 Å². The number of hydrogen-bond donors (Lipinski definition) is 5. The standard InChI is InChI=1S/C28H35FN8O9S/c29-20-12-18-22(13-23(20)34-10-8-30-9-11-34)35(16-3-4-16)15-19(25(18)39)26(40)33-32-24(38)2-1-7-31-27(41)21-6-5-17-14-36(21)28(42)37(17)46-47(43,44)45/h12-13,15-17,21,30H,1-11,14H2,(H,31,41)(H,32,38)(H,33,40)(H,43,44,45)/t17-,21+/m1/s1. The Bertz CT molecular complexity index is 1780. The van der Waals surface area contributed by atoms with Crippen molar-refractivity contribution in [2.45, 2.75) is 56.7 Å². The van der Waals surface area contributed by atoms with Crippen LogP contribution in [0.2, 0.25) is 0 Å². The Morgan fingerprint density at radius 3 is 2.47 bits per heavy atom. The first-order valence-electron chi connectivity index (χ1n) is 15.4. The smallest absolute Gasteiger partial charge is 0.367 e. The lowest BCUT2D eigenvalue weighted by Crippen LogP contribution is -2.50. The third-order valence-electron chi connectivity index (χ3n) is 8.74. The summed E-state index contributed by atoms with van der Waals surface area (Å²) in [6.45, 7) is 2.79. The Morgan fingerprint density at radius 2 is 1.77 bits per heavy atom. The fraction of sp³-hybridized carbons (Fsp3) is 0.536. The van der Waals surface area contributed by atoms with Gasteiger partial charge in [-0.2, -0.15) is 13.5 Å². The van der Waals surface area contributed by atoms with Crippen LogP contribution in [0.1, 0.15) is 54.9 Å². The number of halogens is 1. The van der Waals surface area contributed by atoms with Crippen molar-refractivity contribution in [3.63, 3.8) is 0 Å². The zero-order chi connectivity index (χ0) is 33.5. The molecule has 0 spiro atoms. The van der Waals surface area contributed by atoms with Crippen molar-refractivity contribution in [3.8, 4) is 0 Å². The Balaban J connectivity index is 1.01. The van der Waals surface area contributed by atoms with Crippen LogP contribution in [0.5, 0.6) is 0 Å². The molecule has 4 heterocycles. The molecule has 1 saturated carbocycles. The van der Waals surface area contributed by atoms with Gasteiger partial charge >= 0.3 is 16.4 Å². The first kappa shape index (κ1) is 32.6. The third kappa shape index (κ3) is 7.02. The number of amides is 5. The van der Waals surface area contributed by atoms with Gasteiger partial charge in [-0.1, -0.05) is 0 Å². The van der Waals surface area contributed by atoms with Crippen molar-refractivity contribution >= 4 is 50.7 Å². The lowest BCUT2D eigenvalue weighted by molar-refractivity contribution is -0.126. The molecule has 4 fully saturated rings. The van der Waals surface area contributed by atoms with E-state index < -0.39 is 57.5 Å². The van der Waals surface area contributed by atoms with Gasteiger partial charge in [-0.15, -0.1) is 4.28 Å². The average Bonchev–Trinajstić information content (AvgIpc) is 3.86. The summed E-state index contributed by atoms with van der Waals surface area (Å²) in [5.74, 6) is -2.49. The first-order valence-corrected chi connectivity index (χ1v) is 16.8. The number of fused-ring (bicyclic) bond motifs is 3. The quantitative estimate of drug-likeness (QED) is 0.123. The van der Waals surface area contributed by atoms with Crippen molar-refractivity contribution in [2.75, 3.05) is 44.2 Å². The summed E-state index contributed by atoms with van der Waals surface area (Å²) in [5, 5.41) is 6.48. The summed E-state index contributed by atoms with van der Waals surface area (Å²) in [7, 11) is -4.91. The number of carbonyl (C=O) groups is 4. The number of hydrogen-bond acceptors (Lipinski definition) is 10. The number of nitrogens with one attached hydrogen (secondary N) is 4. The van der Waals surface area contributed by atoms with Gasteiger partial charge < -0.3 is 25.0 Å². The molecular weight excluding hydrogens is 643 g/mol. The van der Waals surface area contributed by atoms with Gasteiger partial charge in [0.15, 0.2) is 0 Å². The Labute approximate surface area is 268 Å². The fourth-order valence-corrected chi connectivity index (χ4v) is 6.65. The second-order valence-electron chi connectivity index (χ2n) is 12.0. The number of anilines is 1. The van der Waals surface area contributed by atoms with Crippen LogP contribution < -0.4 is 31.8 Å². The number of piperazine rings is 1. The number of carbonyl (C=O) groups excluding carboxylic acids is 4. The summed E-state index contributed by atoms with van der Waals surface area (Å²) in [4.78, 5) is 67.0. The SMILES string of the molecule is O=C(CCCNC(=O)[C@@H]1CC[C@@H]2CN1C(=O)N2OS(=O)(=O)O)NNC(=O)c1cn(C2CC2)c2cc(N3CCNCC3)c(F)cc2c1=O. The van der Waals surface area contributed by atoms with Crippen LogP contribution in [0.4, 0.5) is 14.9 Å². The lowest BCUT2D eigenvalue weighted by Gasteiger charge is -2.30. The van der Waals surface area contributed by atoms with E-state index in [9.17, 15) is 32.4 Å². The highest BCUT2D eigenvalue weighted by atomic mass is 32.3. The molecule has 47 heavy (non-hydrogen) atoms. The summed E-state index contributed by atoms with van der Waals surface area (Å²) in [6, 6.07) is 0.533. The molecule has 2 bridgehead atoms. The van der Waals surface area contributed by atoms with Gasteiger partial charge in [0.05, 0.1) is 17.2 Å². The van der Waals surface area contributed by atoms with Crippen molar-refractivity contribution in [2.24, 2.45) is 0 Å². The number of aromatic nitrogens is 1. The summed E-state index contributed by atoms with van der Waals surface area (Å²) >= 11 is 0. The molecule has 1 aliphatic carbocycles. The van der Waals surface area contributed by atoms with Crippen molar-refractivity contribution in [1.82, 2.24) is 36.0 Å². The molecule has 3 aliphatic heterocycles. The fourth-order valence-electron chi connectivity index (χ4n) is 6.26. The normalized spacial score (nSPS) is 21.2. The minimum atomic E-state index is -4.91. The van der Waals surface area contributed by atoms with Crippen molar-refractivity contribution in [1.29, 1.82) is 0 Å². The van der Waals surface area contributed by atoms with Crippen LogP contribution in [-0.4, -0.2) is 103 Å². The largest absolute Gasteiger partial charge is 0.418 e. The van der Waals surface area contributed by atoms with E-state index in [2.05, 4.69) is 25.8 Å². The van der Waals surface area contributed by atoms with Gasteiger partial charge in [-0.3, -0.25) is 34.6 Å².